The SMILES string of the molecule is CNc1nc2c(Br)c(Cl)c(F)cc2s1. The largest absolute Gasteiger partial charge is 0.365 e. The maximum absolute atomic E-state index is 13.2. The minimum Gasteiger partial charge on any atom is -0.365 e. The second kappa shape index (κ2) is 3.64. The maximum atomic E-state index is 13.2. The molecule has 14 heavy (non-hydrogen) atoms. The van der Waals surface area contributed by atoms with Gasteiger partial charge in [0.2, 0.25) is 0 Å². The topological polar surface area (TPSA) is 24.9 Å². The fourth-order valence-corrected chi connectivity index (χ4v) is 2.70. The van der Waals surface area contributed by atoms with Gasteiger partial charge in [-0.15, -0.1) is 0 Å². The van der Waals surface area contributed by atoms with Crippen molar-refractivity contribution in [3.63, 3.8) is 0 Å². The van der Waals surface area contributed by atoms with Crippen LogP contribution in [-0.2, 0) is 0 Å². The summed E-state index contributed by atoms with van der Waals surface area (Å²) < 4.78 is 14.5. The van der Waals surface area contributed by atoms with Crippen molar-refractivity contribution >= 4 is 54.2 Å². The van der Waals surface area contributed by atoms with Crippen LogP contribution in [0, 0.1) is 5.82 Å². The first-order valence-corrected chi connectivity index (χ1v) is 5.74. The number of rotatable bonds is 1. The summed E-state index contributed by atoms with van der Waals surface area (Å²) in [6.45, 7) is 0. The lowest BCUT2D eigenvalue weighted by molar-refractivity contribution is 0.629. The first kappa shape index (κ1) is 10.1. The zero-order chi connectivity index (χ0) is 10.3. The lowest BCUT2D eigenvalue weighted by atomic mass is 10.3. The minimum absolute atomic E-state index is 0.0745. The Hall–Kier alpha value is -0.390. The van der Waals surface area contributed by atoms with Crippen molar-refractivity contribution in [2.24, 2.45) is 0 Å². The van der Waals surface area contributed by atoms with Crippen molar-refractivity contribution in [2.45, 2.75) is 0 Å². The molecule has 0 aliphatic rings. The highest BCUT2D eigenvalue weighted by atomic mass is 79.9. The van der Waals surface area contributed by atoms with Gasteiger partial charge in [-0.1, -0.05) is 22.9 Å². The summed E-state index contributed by atoms with van der Waals surface area (Å²) in [5, 5.41) is 3.72. The molecule has 0 aliphatic carbocycles. The average Bonchev–Trinajstić information content (AvgIpc) is 2.57. The van der Waals surface area contributed by atoms with Crippen molar-refractivity contribution in [3.05, 3.63) is 21.4 Å². The summed E-state index contributed by atoms with van der Waals surface area (Å²) in [7, 11) is 1.77. The average molecular weight is 296 g/mol. The Balaban J connectivity index is 2.81. The Kier molecular flexibility index (Phi) is 2.64. The monoisotopic (exact) mass is 294 g/mol. The van der Waals surface area contributed by atoms with Crippen molar-refractivity contribution in [1.82, 2.24) is 4.98 Å². The van der Waals surface area contributed by atoms with Crippen LogP contribution in [0.15, 0.2) is 10.5 Å². The maximum Gasteiger partial charge on any atom is 0.183 e. The first-order chi connectivity index (χ1) is 6.63. The number of benzene rings is 1. The Morgan fingerprint density at radius 2 is 2.36 bits per heavy atom. The van der Waals surface area contributed by atoms with Crippen molar-refractivity contribution in [3.8, 4) is 0 Å². The smallest absolute Gasteiger partial charge is 0.183 e. The predicted molar refractivity (Wildman–Crippen MR) is 61.8 cm³/mol. The summed E-state index contributed by atoms with van der Waals surface area (Å²) >= 11 is 10.3. The Bertz CT molecular complexity index is 500. The van der Waals surface area contributed by atoms with E-state index in [1.165, 1.54) is 17.4 Å². The third-order valence-electron chi connectivity index (χ3n) is 1.74. The molecule has 1 aromatic heterocycles. The molecule has 1 aromatic carbocycles. The fourth-order valence-electron chi connectivity index (χ4n) is 1.08. The van der Waals surface area contributed by atoms with Crippen LogP contribution in [0.1, 0.15) is 0 Å². The molecule has 0 saturated carbocycles. The first-order valence-electron chi connectivity index (χ1n) is 3.75. The summed E-state index contributed by atoms with van der Waals surface area (Å²) in [6.07, 6.45) is 0. The molecule has 2 aromatic rings. The van der Waals surface area contributed by atoms with Crippen LogP contribution in [0.5, 0.6) is 0 Å². The molecule has 1 heterocycles. The number of aromatic nitrogens is 1. The van der Waals surface area contributed by atoms with Gasteiger partial charge in [-0.2, -0.15) is 0 Å². The second-order valence-electron chi connectivity index (χ2n) is 2.60. The van der Waals surface area contributed by atoms with Crippen LogP contribution in [0.3, 0.4) is 0 Å². The number of fused-ring (bicyclic) bond motifs is 1. The number of thiazole rings is 1. The summed E-state index contributed by atoms with van der Waals surface area (Å²) in [5.41, 5.74) is 0.686. The Labute approximate surface area is 97.2 Å². The fraction of sp³-hybridized carbons (Fsp3) is 0.125. The molecular formula is C8H5BrClFN2S. The van der Waals surface area contributed by atoms with Gasteiger partial charge in [-0.3, -0.25) is 0 Å². The summed E-state index contributed by atoms with van der Waals surface area (Å²) in [4.78, 5) is 4.24. The molecule has 0 bridgehead atoms. The number of halogens is 3. The van der Waals surface area contributed by atoms with Gasteiger partial charge in [0.05, 0.1) is 19.7 Å². The van der Waals surface area contributed by atoms with Crippen molar-refractivity contribution < 1.29 is 4.39 Å². The van der Waals surface area contributed by atoms with E-state index in [1.54, 1.807) is 7.05 Å². The van der Waals surface area contributed by atoms with Crippen molar-refractivity contribution in [2.75, 3.05) is 12.4 Å². The number of nitrogens with zero attached hydrogens (tertiary/aromatic N) is 1. The lowest BCUT2D eigenvalue weighted by Gasteiger charge is -1.97. The number of hydrogen-bond donors (Lipinski definition) is 1. The van der Waals surface area contributed by atoms with Crippen LogP contribution in [-0.4, -0.2) is 12.0 Å². The molecule has 0 saturated heterocycles. The number of nitrogens with one attached hydrogen (secondary N) is 1. The van der Waals surface area contributed by atoms with E-state index in [9.17, 15) is 4.39 Å². The molecule has 2 nitrogen and oxygen atoms in total. The van der Waals surface area contributed by atoms with Gasteiger partial charge in [0.15, 0.2) is 5.13 Å². The lowest BCUT2D eigenvalue weighted by Crippen LogP contribution is -1.85. The molecule has 0 fully saturated rings. The molecule has 74 valence electrons. The summed E-state index contributed by atoms with van der Waals surface area (Å²) in [6, 6.07) is 1.39. The van der Waals surface area contributed by atoms with Gasteiger partial charge >= 0.3 is 0 Å². The van der Waals surface area contributed by atoms with E-state index in [2.05, 4.69) is 26.2 Å². The van der Waals surface area contributed by atoms with Gasteiger partial charge in [0, 0.05) is 7.05 Å². The zero-order valence-electron chi connectivity index (χ0n) is 7.07. The normalized spacial score (nSPS) is 10.9. The highest BCUT2D eigenvalue weighted by Gasteiger charge is 2.13. The molecule has 0 aliphatic heterocycles. The zero-order valence-corrected chi connectivity index (χ0v) is 10.2. The highest BCUT2D eigenvalue weighted by Crippen LogP contribution is 2.37. The Morgan fingerprint density at radius 3 is 3.00 bits per heavy atom. The molecule has 0 spiro atoms. The van der Waals surface area contributed by atoms with E-state index in [4.69, 9.17) is 11.6 Å². The van der Waals surface area contributed by atoms with E-state index in [-0.39, 0.29) is 5.02 Å². The predicted octanol–water partition coefficient (Wildman–Crippen LogP) is 3.89. The van der Waals surface area contributed by atoms with Gasteiger partial charge in [0.1, 0.15) is 5.82 Å². The molecule has 0 radical (unpaired) electrons. The quantitative estimate of drug-likeness (QED) is 0.807. The standard InChI is InChI=1S/C8H5BrClFN2S/c1-12-8-13-7-4(14-8)2-3(11)6(10)5(7)9/h2H,1H3,(H,12,13). The van der Waals surface area contributed by atoms with Crippen LogP contribution >= 0.6 is 38.9 Å². The van der Waals surface area contributed by atoms with Crippen LogP contribution in [0.2, 0.25) is 5.02 Å². The third-order valence-corrected chi connectivity index (χ3v) is 4.13. The van der Waals surface area contributed by atoms with E-state index in [0.717, 1.165) is 9.83 Å². The molecule has 0 atom stereocenters. The van der Waals surface area contributed by atoms with E-state index in [0.29, 0.717) is 9.99 Å². The third kappa shape index (κ3) is 1.49. The highest BCUT2D eigenvalue weighted by molar-refractivity contribution is 9.10. The second-order valence-corrected chi connectivity index (χ2v) is 4.80. The van der Waals surface area contributed by atoms with Gasteiger partial charge in [0.25, 0.3) is 0 Å². The molecule has 0 unspecified atom stereocenters. The minimum atomic E-state index is -0.433. The van der Waals surface area contributed by atoms with E-state index >= 15 is 0 Å². The van der Waals surface area contributed by atoms with Gasteiger partial charge in [-0.05, 0) is 22.0 Å². The van der Waals surface area contributed by atoms with Crippen molar-refractivity contribution in [1.29, 1.82) is 0 Å². The number of hydrogen-bond acceptors (Lipinski definition) is 3. The van der Waals surface area contributed by atoms with Gasteiger partial charge < -0.3 is 5.32 Å². The summed E-state index contributed by atoms with van der Waals surface area (Å²) in [5.74, 6) is -0.433. The molecular weight excluding hydrogens is 291 g/mol. The van der Waals surface area contributed by atoms with Gasteiger partial charge in [-0.25, -0.2) is 9.37 Å². The van der Waals surface area contributed by atoms with E-state index in [1.807, 2.05) is 0 Å². The molecule has 6 heteroatoms. The molecule has 1 N–H and O–H groups in total. The van der Waals surface area contributed by atoms with E-state index < -0.39 is 5.82 Å². The van der Waals surface area contributed by atoms with Crippen LogP contribution < -0.4 is 5.32 Å². The molecule has 2 rings (SSSR count). The Morgan fingerprint density at radius 1 is 1.64 bits per heavy atom. The molecule has 0 amide bonds. The van der Waals surface area contributed by atoms with Crippen LogP contribution in [0.25, 0.3) is 10.2 Å². The van der Waals surface area contributed by atoms with Crippen LogP contribution in [0.4, 0.5) is 9.52 Å². The number of anilines is 1.